The van der Waals surface area contributed by atoms with Gasteiger partial charge in [-0.2, -0.15) is 0 Å². The van der Waals surface area contributed by atoms with Crippen molar-refractivity contribution < 1.29 is 8.42 Å². The molecule has 0 saturated heterocycles. The zero-order valence-corrected chi connectivity index (χ0v) is 17.8. The molecule has 0 N–H and O–H groups in total. The minimum atomic E-state index is -3.17. The highest BCUT2D eigenvalue weighted by molar-refractivity contribution is 8.72. The molecular weight excluding hydrogens is 348 g/mol. The molecule has 0 atom stereocenters. The lowest BCUT2D eigenvalue weighted by atomic mass is 10.1. The van der Waals surface area contributed by atoms with Crippen molar-refractivity contribution in [2.75, 3.05) is 5.75 Å². The molecule has 0 spiro atoms. The Kier molecular flexibility index (Phi) is 12.4. The number of hydrogen-bond acceptors (Lipinski definition) is 3. The van der Waals surface area contributed by atoms with Crippen LogP contribution in [0.3, 0.4) is 0 Å². The molecule has 144 valence electrons. The van der Waals surface area contributed by atoms with E-state index in [-0.39, 0.29) is 0 Å². The lowest BCUT2D eigenvalue weighted by Crippen LogP contribution is -1.97. The number of aryl methyl sites for hydroxylation is 1. The van der Waals surface area contributed by atoms with Gasteiger partial charge in [0.2, 0.25) is 8.87 Å². The average molecular weight is 385 g/mol. The van der Waals surface area contributed by atoms with E-state index in [1.807, 2.05) is 19.1 Å². The fourth-order valence-electron chi connectivity index (χ4n) is 2.88. The van der Waals surface area contributed by atoms with Gasteiger partial charge in [-0.15, -0.1) is 0 Å². The van der Waals surface area contributed by atoms with Crippen molar-refractivity contribution in [3.05, 3.63) is 29.8 Å². The molecule has 4 heteroatoms. The fourth-order valence-corrected chi connectivity index (χ4v) is 5.78. The summed E-state index contributed by atoms with van der Waals surface area (Å²) >= 11 is 0. The minimum Gasteiger partial charge on any atom is -0.212 e. The van der Waals surface area contributed by atoms with Gasteiger partial charge in [0.1, 0.15) is 0 Å². The summed E-state index contributed by atoms with van der Waals surface area (Å²) < 4.78 is 24.4. The predicted octanol–water partition coefficient (Wildman–Crippen LogP) is 7.12. The molecule has 0 unspecified atom stereocenters. The molecule has 0 heterocycles. The molecule has 0 aliphatic rings. The monoisotopic (exact) mass is 384 g/mol. The third kappa shape index (κ3) is 11.0. The van der Waals surface area contributed by atoms with E-state index in [1.165, 1.54) is 64.2 Å². The van der Waals surface area contributed by atoms with E-state index in [1.54, 1.807) is 12.1 Å². The van der Waals surface area contributed by atoms with Crippen LogP contribution in [-0.4, -0.2) is 14.2 Å². The zero-order chi connectivity index (χ0) is 18.4. The van der Waals surface area contributed by atoms with Crippen LogP contribution in [0.15, 0.2) is 29.2 Å². The van der Waals surface area contributed by atoms with Crippen LogP contribution in [0.25, 0.3) is 0 Å². The van der Waals surface area contributed by atoms with E-state index in [9.17, 15) is 8.42 Å². The lowest BCUT2D eigenvalue weighted by Gasteiger charge is -2.05. The summed E-state index contributed by atoms with van der Waals surface area (Å²) in [5.74, 6) is 0.702. The summed E-state index contributed by atoms with van der Waals surface area (Å²) in [7, 11) is -2.08. The summed E-state index contributed by atoms with van der Waals surface area (Å²) in [6, 6.07) is 7.13. The zero-order valence-electron chi connectivity index (χ0n) is 16.1. The molecule has 0 aromatic heterocycles. The van der Waals surface area contributed by atoms with Gasteiger partial charge in [-0.1, -0.05) is 95.2 Å². The van der Waals surface area contributed by atoms with Crippen molar-refractivity contribution in [2.45, 2.75) is 95.8 Å². The van der Waals surface area contributed by atoms with Gasteiger partial charge < -0.3 is 0 Å². The average Bonchev–Trinajstić information content (AvgIpc) is 2.59. The van der Waals surface area contributed by atoms with Gasteiger partial charge in [0.25, 0.3) is 0 Å². The van der Waals surface area contributed by atoms with E-state index < -0.39 is 8.87 Å². The number of rotatable bonds is 15. The molecule has 0 aliphatic carbocycles. The highest BCUT2D eigenvalue weighted by Gasteiger charge is 2.14. The van der Waals surface area contributed by atoms with Crippen LogP contribution in [0, 0.1) is 6.92 Å². The summed E-state index contributed by atoms with van der Waals surface area (Å²) in [5.41, 5.74) is 1.09. The van der Waals surface area contributed by atoms with Gasteiger partial charge in [0.05, 0.1) is 4.90 Å². The molecule has 2 nitrogen and oxygen atoms in total. The minimum absolute atomic E-state index is 0.432. The van der Waals surface area contributed by atoms with Crippen molar-refractivity contribution >= 4 is 19.7 Å². The van der Waals surface area contributed by atoms with Crippen molar-refractivity contribution in [1.82, 2.24) is 0 Å². The van der Waals surface area contributed by atoms with Crippen LogP contribution in [0.4, 0.5) is 0 Å². The van der Waals surface area contributed by atoms with E-state index in [2.05, 4.69) is 6.92 Å². The summed E-state index contributed by atoms with van der Waals surface area (Å²) in [4.78, 5) is 0.432. The number of benzene rings is 1. The maximum absolute atomic E-state index is 12.2. The Morgan fingerprint density at radius 1 is 0.720 bits per heavy atom. The highest BCUT2D eigenvalue weighted by atomic mass is 33.1. The molecule has 0 saturated carbocycles. The molecule has 1 aromatic carbocycles. The second-order valence-electron chi connectivity index (χ2n) is 6.98. The first-order valence-corrected chi connectivity index (χ1v) is 13.0. The van der Waals surface area contributed by atoms with Crippen LogP contribution >= 0.6 is 10.8 Å². The van der Waals surface area contributed by atoms with Gasteiger partial charge >= 0.3 is 0 Å². The quantitative estimate of drug-likeness (QED) is 0.238. The first-order chi connectivity index (χ1) is 12.1. The molecular formula is C21H36O2S2. The predicted molar refractivity (Wildman–Crippen MR) is 112 cm³/mol. The molecule has 0 fully saturated rings. The largest absolute Gasteiger partial charge is 0.229 e. The first-order valence-electron chi connectivity index (χ1n) is 10.0. The Hall–Kier alpha value is -0.480. The first kappa shape index (κ1) is 22.6. The Morgan fingerprint density at radius 2 is 1.16 bits per heavy atom. The summed E-state index contributed by atoms with van der Waals surface area (Å²) in [5, 5.41) is 0. The molecule has 0 radical (unpaired) electrons. The summed E-state index contributed by atoms with van der Waals surface area (Å²) in [6.07, 6.45) is 15.7. The third-order valence-corrected chi connectivity index (χ3v) is 8.17. The maximum atomic E-state index is 12.2. The van der Waals surface area contributed by atoms with Gasteiger partial charge in [-0.05, 0) is 36.3 Å². The second kappa shape index (κ2) is 13.7. The van der Waals surface area contributed by atoms with E-state index >= 15 is 0 Å². The Labute approximate surface area is 159 Å². The molecule has 1 rings (SSSR count). The molecule has 0 amide bonds. The van der Waals surface area contributed by atoms with Crippen LogP contribution < -0.4 is 0 Å². The Morgan fingerprint density at radius 3 is 1.64 bits per heavy atom. The molecule has 25 heavy (non-hydrogen) atoms. The van der Waals surface area contributed by atoms with Crippen LogP contribution in [0.2, 0.25) is 0 Å². The van der Waals surface area contributed by atoms with Crippen LogP contribution in [0.1, 0.15) is 89.5 Å². The normalized spacial score (nSPS) is 11.8. The summed E-state index contributed by atoms with van der Waals surface area (Å²) in [6.45, 7) is 4.23. The smallest absolute Gasteiger partial charge is 0.212 e. The van der Waals surface area contributed by atoms with Crippen LogP contribution in [0.5, 0.6) is 0 Å². The van der Waals surface area contributed by atoms with E-state index in [4.69, 9.17) is 0 Å². The number of unbranched alkanes of at least 4 members (excludes halogenated alkanes) is 11. The standard InChI is InChI=1S/C21H36O2S2/c1-3-4-5-6-7-8-9-10-11-12-13-14-19-24-25(22,23)21-17-15-20(2)16-18-21/h15-18H,3-14,19H2,1-2H3. The third-order valence-electron chi connectivity index (χ3n) is 4.55. The fraction of sp³-hybridized carbons (Fsp3) is 0.714. The Bertz CT molecular complexity index is 536. The van der Waals surface area contributed by atoms with E-state index in [0.29, 0.717) is 10.6 Å². The molecule has 1 aromatic rings. The molecule has 0 bridgehead atoms. The van der Waals surface area contributed by atoms with Gasteiger partial charge in [0.15, 0.2) is 0 Å². The second-order valence-corrected chi connectivity index (χ2v) is 11.0. The molecule has 0 aliphatic heterocycles. The van der Waals surface area contributed by atoms with Gasteiger partial charge in [-0.3, -0.25) is 0 Å². The maximum Gasteiger partial charge on any atom is 0.229 e. The van der Waals surface area contributed by atoms with Gasteiger partial charge in [0, 0.05) is 5.75 Å². The van der Waals surface area contributed by atoms with Crippen LogP contribution in [-0.2, 0) is 8.87 Å². The highest BCUT2D eigenvalue weighted by Crippen LogP contribution is 2.25. The van der Waals surface area contributed by atoms with Crippen molar-refractivity contribution in [1.29, 1.82) is 0 Å². The number of hydrogen-bond donors (Lipinski definition) is 0. The Balaban J connectivity index is 1.97. The lowest BCUT2D eigenvalue weighted by molar-refractivity contribution is 0.548. The van der Waals surface area contributed by atoms with Crippen molar-refractivity contribution in [3.8, 4) is 0 Å². The topological polar surface area (TPSA) is 34.1 Å². The van der Waals surface area contributed by atoms with Gasteiger partial charge in [-0.25, -0.2) is 8.42 Å². The SMILES string of the molecule is CCCCCCCCCCCCCCSS(=O)(=O)c1ccc(C)cc1. The van der Waals surface area contributed by atoms with E-state index in [0.717, 1.165) is 29.2 Å². The van der Waals surface area contributed by atoms with Crippen molar-refractivity contribution in [3.63, 3.8) is 0 Å². The van der Waals surface area contributed by atoms with Crippen molar-refractivity contribution in [2.24, 2.45) is 0 Å².